The molecule has 0 aliphatic rings. The maximum Gasteiger partial charge on any atom is 0.221 e. The predicted molar refractivity (Wildman–Crippen MR) is 97.4 cm³/mol. The molecular formula is C20H14N2O2. The summed E-state index contributed by atoms with van der Waals surface area (Å²) in [6.45, 7) is 1.51. The molecule has 116 valence electrons. The molecule has 2 N–H and O–H groups in total. The van der Waals surface area contributed by atoms with E-state index in [4.69, 9.17) is 4.42 Å². The molecule has 0 atom stereocenters. The van der Waals surface area contributed by atoms with Gasteiger partial charge in [0.15, 0.2) is 5.58 Å². The summed E-state index contributed by atoms with van der Waals surface area (Å²) in [5.41, 5.74) is 4.31. The molecule has 0 spiro atoms. The molecule has 0 fully saturated rings. The van der Waals surface area contributed by atoms with Gasteiger partial charge in [-0.25, -0.2) is 0 Å². The number of aromatic amines is 1. The zero-order chi connectivity index (χ0) is 16.3. The van der Waals surface area contributed by atoms with Crippen molar-refractivity contribution in [3.05, 3.63) is 54.6 Å². The van der Waals surface area contributed by atoms with Crippen molar-refractivity contribution < 1.29 is 9.21 Å². The highest BCUT2D eigenvalue weighted by molar-refractivity contribution is 6.26. The molecule has 2 aromatic heterocycles. The summed E-state index contributed by atoms with van der Waals surface area (Å²) >= 11 is 0. The van der Waals surface area contributed by atoms with E-state index in [0.29, 0.717) is 11.3 Å². The van der Waals surface area contributed by atoms with E-state index in [1.807, 2.05) is 42.5 Å². The maximum absolute atomic E-state index is 11.6. The molecule has 2 heterocycles. The number of hydrogen-bond donors (Lipinski definition) is 2. The highest BCUT2D eigenvalue weighted by atomic mass is 16.3. The minimum absolute atomic E-state index is 0.115. The number of carbonyl (C=O) groups excluding carboxylic acids is 1. The van der Waals surface area contributed by atoms with E-state index >= 15 is 0 Å². The summed E-state index contributed by atoms with van der Waals surface area (Å²) < 4.78 is 6.05. The van der Waals surface area contributed by atoms with E-state index in [-0.39, 0.29) is 5.91 Å². The summed E-state index contributed by atoms with van der Waals surface area (Å²) in [4.78, 5) is 15.2. The number of anilines is 1. The first-order valence-electron chi connectivity index (χ1n) is 7.84. The van der Waals surface area contributed by atoms with Crippen molar-refractivity contribution in [1.29, 1.82) is 0 Å². The Balaban J connectivity index is 2.06. The molecule has 5 rings (SSSR count). The Hall–Kier alpha value is -3.27. The molecule has 4 nitrogen and oxygen atoms in total. The minimum Gasteiger partial charge on any atom is -0.454 e. The number of hydrogen-bond acceptors (Lipinski definition) is 2. The highest BCUT2D eigenvalue weighted by Crippen LogP contribution is 2.41. The first kappa shape index (κ1) is 13.2. The number of carbonyl (C=O) groups is 1. The smallest absolute Gasteiger partial charge is 0.221 e. The van der Waals surface area contributed by atoms with Gasteiger partial charge in [-0.3, -0.25) is 4.79 Å². The van der Waals surface area contributed by atoms with E-state index in [0.717, 1.165) is 38.2 Å². The minimum atomic E-state index is -0.115. The van der Waals surface area contributed by atoms with E-state index in [1.54, 1.807) is 0 Å². The molecule has 3 aromatic carbocycles. The number of nitrogens with one attached hydrogen (secondary N) is 2. The lowest BCUT2D eigenvalue weighted by Crippen LogP contribution is -2.05. The topological polar surface area (TPSA) is 58.0 Å². The Kier molecular flexibility index (Phi) is 2.54. The highest BCUT2D eigenvalue weighted by Gasteiger charge is 2.18. The molecule has 0 unspecified atom stereocenters. The van der Waals surface area contributed by atoms with E-state index in [2.05, 4.69) is 22.4 Å². The van der Waals surface area contributed by atoms with Crippen LogP contribution in [0.3, 0.4) is 0 Å². The van der Waals surface area contributed by atoms with Crippen molar-refractivity contribution in [3.8, 4) is 0 Å². The number of H-pyrrole nitrogens is 1. The van der Waals surface area contributed by atoms with Crippen LogP contribution in [-0.2, 0) is 4.79 Å². The predicted octanol–water partition coefficient (Wildman–Crippen LogP) is 5.18. The Labute approximate surface area is 137 Å². The third kappa shape index (κ3) is 1.71. The maximum atomic E-state index is 11.6. The van der Waals surface area contributed by atoms with Gasteiger partial charge in [0.1, 0.15) is 5.58 Å². The van der Waals surface area contributed by atoms with Crippen LogP contribution in [0.4, 0.5) is 5.69 Å². The Morgan fingerprint density at radius 1 is 1.00 bits per heavy atom. The largest absolute Gasteiger partial charge is 0.454 e. The van der Waals surface area contributed by atoms with Gasteiger partial charge in [0, 0.05) is 28.6 Å². The number of aromatic nitrogens is 1. The molecule has 0 saturated heterocycles. The second-order valence-electron chi connectivity index (χ2n) is 6.00. The van der Waals surface area contributed by atoms with E-state index < -0.39 is 0 Å². The molecule has 5 aromatic rings. The standard InChI is InChI=1S/C20H14N2O2/c1-11(23)21-16-10-14-12-6-2-4-8-15(12)22-19(14)18-13-7-3-5-9-17(13)24-20(16)18/h2-10,22H,1H3,(H,21,23). The van der Waals surface area contributed by atoms with E-state index in [9.17, 15) is 4.79 Å². The zero-order valence-electron chi connectivity index (χ0n) is 13.0. The lowest BCUT2D eigenvalue weighted by atomic mass is 10.1. The van der Waals surface area contributed by atoms with Crippen LogP contribution >= 0.6 is 0 Å². The van der Waals surface area contributed by atoms with Crippen LogP contribution in [0.15, 0.2) is 59.0 Å². The van der Waals surface area contributed by atoms with Crippen molar-refractivity contribution in [3.63, 3.8) is 0 Å². The zero-order valence-corrected chi connectivity index (χ0v) is 13.0. The van der Waals surface area contributed by atoms with Crippen LogP contribution in [0, 0.1) is 0 Å². The van der Waals surface area contributed by atoms with Crippen LogP contribution in [-0.4, -0.2) is 10.9 Å². The molecule has 0 saturated carbocycles. The second-order valence-corrected chi connectivity index (χ2v) is 6.00. The summed E-state index contributed by atoms with van der Waals surface area (Å²) in [5.74, 6) is -0.115. The number of rotatable bonds is 1. The van der Waals surface area contributed by atoms with Gasteiger partial charge in [-0.15, -0.1) is 0 Å². The van der Waals surface area contributed by atoms with Gasteiger partial charge in [-0.05, 0) is 18.2 Å². The normalized spacial score (nSPS) is 11.7. The Morgan fingerprint density at radius 2 is 1.75 bits per heavy atom. The van der Waals surface area contributed by atoms with Gasteiger partial charge < -0.3 is 14.7 Å². The Morgan fingerprint density at radius 3 is 2.58 bits per heavy atom. The molecule has 0 bridgehead atoms. The molecule has 0 aliphatic heterocycles. The summed E-state index contributed by atoms with van der Waals surface area (Å²) in [5, 5.41) is 7.16. The van der Waals surface area contributed by atoms with Crippen molar-refractivity contribution in [2.24, 2.45) is 0 Å². The van der Waals surface area contributed by atoms with Crippen LogP contribution < -0.4 is 5.32 Å². The third-order valence-electron chi connectivity index (χ3n) is 4.44. The third-order valence-corrected chi connectivity index (χ3v) is 4.44. The van der Waals surface area contributed by atoms with Crippen LogP contribution in [0.2, 0.25) is 0 Å². The summed E-state index contributed by atoms with van der Waals surface area (Å²) in [7, 11) is 0. The quantitative estimate of drug-likeness (QED) is 0.448. The molecule has 4 heteroatoms. The van der Waals surface area contributed by atoms with Crippen molar-refractivity contribution >= 4 is 55.3 Å². The SMILES string of the molecule is CC(=O)Nc1cc2c3ccccc3[nH]c2c2c1oc1ccccc12. The van der Waals surface area contributed by atoms with E-state index in [1.165, 1.54) is 6.92 Å². The van der Waals surface area contributed by atoms with Crippen LogP contribution in [0.5, 0.6) is 0 Å². The fraction of sp³-hybridized carbons (Fsp3) is 0.0500. The van der Waals surface area contributed by atoms with Crippen LogP contribution in [0.1, 0.15) is 6.92 Å². The van der Waals surface area contributed by atoms with Gasteiger partial charge in [-0.2, -0.15) is 0 Å². The number of para-hydroxylation sites is 2. The number of furan rings is 1. The Bertz CT molecular complexity index is 1260. The van der Waals surface area contributed by atoms with Crippen LogP contribution in [0.25, 0.3) is 43.7 Å². The average Bonchev–Trinajstić information content (AvgIpc) is 3.13. The molecular weight excluding hydrogens is 300 g/mol. The lowest BCUT2D eigenvalue weighted by molar-refractivity contribution is -0.114. The summed E-state index contributed by atoms with van der Waals surface area (Å²) in [6, 6.07) is 18.1. The van der Waals surface area contributed by atoms with Gasteiger partial charge in [0.25, 0.3) is 0 Å². The fourth-order valence-corrected chi connectivity index (χ4v) is 3.49. The molecule has 1 amide bonds. The van der Waals surface area contributed by atoms with Gasteiger partial charge in [0.05, 0.1) is 16.6 Å². The van der Waals surface area contributed by atoms with Gasteiger partial charge in [-0.1, -0.05) is 36.4 Å². The van der Waals surface area contributed by atoms with Gasteiger partial charge in [0.2, 0.25) is 5.91 Å². The molecule has 0 aliphatic carbocycles. The average molecular weight is 314 g/mol. The second kappa shape index (κ2) is 4.61. The fourth-order valence-electron chi connectivity index (χ4n) is 3.49. The van der Waals surface area contributed by atoms with Gasteiger partial charge >= 0.3 is 0 Å². The molecule has 0 radical (unpaired) electrons. The summed E-state index contributed by atoms with van der Waals surface area (Å²) in [6.07, 6.45) is 0. The first-order valence-corrected chi connectivity index (χ1v) is 7.84. The van der Waals surface area contributed by atoms with Crippen molar-refractivity contribution in [2.45, 2.75) is 6.92 Å². The number of benzene rings is 3. The van der Waals surface area contributed by atoms with Crippen molar-refractivity contribution in [2.75, 3.05) is 5.32 Å². The first-order chi connectivity index (χ1) is 11.7. The lowest BCUT2D eigenvalue weighted by Gasteiger charge is -2.04. The van der Waals surface area contributed by atoms with Crippen molar-refractivity contribution in [1.82, 2.24) is 4.98 Å². The molecule has 24 heavy (non-hydrogen) atoms. The monoisotopic (exact) mass is 314 g/mol. The number of fused-ring (bicyclic) bond motifs is 7. The number of amides is 1.